The number of hydrogen-bond donors (Lipinski definition) is 2. The van der Waals surface area contributed by atoms with E-state index in [4.69, 9.17) is 9.68 Å². The highest BCUT2D eigenvalue weighted by molar-refractivity contribution is 6.09. The summed E-state index contributed by atoms with van der Waals surface area (Å²) in [4.78, 5) is 42.1. The third-order valence-electron chi connectivity index (χ3n) is 5.16. The monoisotopic (exact) mass is 471 g/mol. The summed E-state index contributed by atoms with van der Waals surface area (Å²) in [6.45, 7) is -1.53. The Kier molecular flexibility index (Phi) is 5.93. The van der Waals surface area contributed by atoms with E-state index in [0.717, 1.165) is 11.0 Å². The molecule has 3 aromatic rings. The maximum atomic E-state index is 13.6. The molecule has 2 N–H and O–H groups in total. The Morgan fingerprint density at radius 3 is 2.79 bits per heavy atom. The molecule has 12 heteroatoms. The quantitative estimate of drug-likeness (QED) is 0.589. The molecule has 0 radical (unpaired) electrons. The first-order chi connectivity index (χ1) is 16.2. The van der Waals surface area contributed by atoms with Gasteiger partial charge in [0.1, 0.15) is 17.4 Å². The van der Waals surface area contributed by atoms with Gasteiger partial charge >= 0.3 is 0 Å². The van der Waals surface area contributed by atoms with Gasteiger partial charge in [0.05, 0.1) is 36.6 Å². The van der Waals surface area contributed by atoms with Crippen LogP contribution < -0.4 is 10.6 Å². The fourth-order valence-corrected chi connectivity index (χ4v) is 3.54. The van der Waals surface area contributed by atoms with E-state index in [2.05, 4.69) is 15.6 Å². The smallest absolute Gasteiger partial charge is 0.291 e. The van der Waals surface area contributed by atoms with E-state index in [0.29, 0.717) is 5.39 Å². The van der Waals surface area contributed by atoms with Gasteiger partial charge in [0.15, 0.2) is 5.76 Å². The zero-order chi connectivity index (χ0) is 24.5. The Bertz CT molecular complexity index is 1330. The number of furan rings is 1. The Morgan fingerprint density at radius 2 is 2.03 bits per heavy atom. The maximum absolute atomic E-state index is 13.6. The van der Waals surface area contributed by atoms with Crippen LogP contribution in [0.15, 0.2) is 47.1 Å². The lowest BCUT2D eigenvalue weighted by Gasteiger charge is -2.19. The van der Waals surface area contributed by atoms with Gasteiger partial charge in [-0.2, -0.15) is 5.26 Å². The van der Waals surface area contributed by atoms with Crippen LogP contribution >= 0.6 is 0 Å². The molecule has 1 unspecified atom stereocenters. The summed E-state index contributed by atoms with van der Waals surface area (Å²) in [6, 6.07) is 6.83. The molecule has 1 aliphatic rings. The molecule has 1 saturated heterocycles. The van der Waals surface area contributed by atoms with Crippen LogP contribution in [0.2, 0.25) is 0 Å². The number of anilines is 1. The minimum atomic E-state index is -3.18. The summed E-state index contributed by atoms with van der Waals surface area (Å²) in [5, 5.41) is 14.3. The predicted octanol–water partition coefficient (Wildman–Crippen LogP) is 2.71. The van der Waals surface area contributed by atoms with Crippen molar-refractivity contribution in [2.75, 3.05) is 18.4 Å². The summed E-state index contributed by atoms with van der Waals surface area (Å²) in [6.07, 6.45) is 1.71. The van der Waals surface area contributed by atoms with Crippen molar-refractivity contribution in [3.05, 3.63) is 59.9 Å². The van der Waals surface area contributed by atoms with Crippen LogP contribution in [-0.4, -0.2) is 52.7 Å². The lowest BCUT2D eigenvalue weighted by Crippen LogP contribution is -2.43. The van der Waals surface area contributed by atoms with Gasteiger partial charge in [0.2, 0.25) is 5.91 Å². The third kappa shape index (κ3) is 4.68. The zero-order valence-electron chi connectivity index (χ0n) is 17.3. The molecule has 0 saturated carbocycles. The third-order valence-corrected chi connectivity index (χ3v) is 5.16. The van der Waals surface area contributed by atoms with Crippen LogP contribution in [0.1, 0.15) is 27.3 Å². The number of carbonyl (C=O) groups excluding carboxylic acids is 3. The Labute approximate surface area is 190 Å². The fourth-order valence-electron chi connectivity index (χ4n) is 3.54. The van der Waals surface area contributed by atoms with E-state index in [9.17, 15) is 27.6 Å². The van der Waals surface area contributed by atoms with Crippen molar-refractivity contribution < 1.29 is 32.0 Å². The molecule has 1 aliphatic heterocycles. The topological polar surface area (TPSA) is 128 Å². The number of rotatable bonds is 5. The summed E-state index contributed by atoms with van der Waals surface area (Å²) >= 11 is 0. The van der Waals surface area contributed by atoms with Crippen molar-refractivity contribution in [2.45, 2.75) is 18.4 Å². The molecular weight excluding hydrogens is 455 g/mol. The van der Waals surface area contributed by atoms with Crippen molar-refractivity contribution in [3.8, 4) is 6.07 Å². The molecule has 9 nitrogen and oxygen atoms in total. The van der Waals surface area contributed by atoms with Gasteiger partial charge in [-0.3, -0.25) is 19.4 Å². The number of alkyl halides is 2. The summed E-state index contributed by atoms with van der Waals surface area (Å²) < 4.78 is 45.8. The van der Waals surface area contributed by atoms with Crippen LogP contribution in [-0.2, 0) is 4.79 Å². The number of halogens is 3. The number of benzene rings is 1. The van der Waals surface area contributed by atoms with Crippen LogP contribution in [0.3, 0.4) is 0 Å². The van der Waals surface area contributed by atoms with Crippen LogP contribution in [0.5, 0.6) is 0 Å². The molecule has 34 heavy (non-hydrogen) atoms. The molecule has 1 fully saturated rings. The lowest BCUT2D eigenvalue weighted by molar-refractivity contribution is -0.131. The van der Waals surface area contributed by atoms with Crippen molar-refractivity contribution in [1.29, 1.82) is 5.26 Å². The first kappa shape index (κ1) is 22.8. The number of pyridine rings is 1. The number of aromatic nitrogens is 1. The molecule has 3 heterocycles. The van der Waals surface area contributed by atoms with Crippen molar-refractivity contribution in [1.82, 2.24) is 15.2 Å². The van der Waals surface area contributed by atoms with Gasteiger partial charge in [-0.15, -0.1) is 0 Å². The largest absolute Gasteiger partial charge is 0.451 e. The number of nitrogens with one attached hydrogen (secondary N) is 2. The van der Waals surface area contributed by atoms with Gasteiger partial charge in [0, 0.05) is 24.1 Å². The van der Waals surface area contributed by atoms with E-state index < -0.39 is 55.0 Å². The Balaban J connectivity index is 1.44. The highest BCUT2D eigenvalue weighted by Crippen LogP contribution is 2.31. The summed E-state index contributed by atoms with van der Waals surface area (Å²) in [5.41, 5.74) is 0.101. The number of fused-ring (bicyclic) bond motifs is 1. The molecule has 4 rings (SSSR count). The van der Waals surface area contributed by atoms with Gasteiger partial charge < -0.3 is 20.0 Å². The second kappa shape index (κ2) is 8.86. The fraction of sp³-hybridized carbons (Fsp3) is 0.227. The second-order valence-corrected chi connectivity index (χ2v) is 7.58. The number of nitriles is 1. The molecule has 1 aromatic carbocycles. The minimum Gasteiger partial charge on any atom is -0.451 e. The number of likely N-dealkylation sites (tertiary alicyclic amines) is 1. The number of carbonyl (C=O) groups is 3. The average Bonchev–Trinajstić information content (AvgIpc) is 3.37. The van der Waals surface area contributed by atoms with Gasteiger partial charge in [-0.25, -0.2) is 13.2 Å². The Hall–Kier alpha value is -4.40. The molecular formula is C22H16F3N5O4. The van der Waals surface area contributed by atoms with Crippen LogP contribution in [0.4, 0.5) is 18.9 Å². The summed E-state index contributed by atoms with van der Waals surface area (Å²) in [7, 11) is 0. The van der Waals surface area contributed by atoms with Crippen molar-refractivity contribution in [2.24, 2.45) is 0 Å². The second-order valence-electron chi connectivity index (χ2n) is 7.58. The molecule has 0 bridgehead atoms. The van der Waals surface area contributed by atoms with Gasteiger partial charge in [-0.1, -0.05) is 0 Å². The van der Waals surface area contributed by atoms with E-state index in [1.54, 1.807) is 6.07 Å². The molecule has 1 atom stereocenters. The highest BCUT2D eigenvalue weighted by Gasteiger charge is 2.47. The number of hydrogen-bond acceptors (Lipinski definition) is 6. The van der Waals surface area contributed by atoms with Crippen LogP contribution in [0.25, 0.3) is 11.0 Å². The van der Waals surface area contributed by atoms with E-state index in [-0.39, 0.29) is 22.6 Å². The standard InChI is InChI=1S/C22H16F3N5O4/c23-13-2-1-12-5-18(34-17(12)6-13)21(33)29-16-9-27-4-3-15(16)20(32)28-10-19(31)30-11-22(24,25)7-14(30)8-26/h1-6,9,14H,7,10-11H2,(H,28,32)(H,29,33). The van der Waals surface area contributed by atoms with Crippen molar-refractivity contribution in [3.63, 3.8) is 0 Å². The van der Waals surface area contributed by atoms with Gasteiger partial charge in [0.25, 0.3) is 17.7 Å². The first-order valence-electron chi connectivity index (χ1n) is 9.96. The maximum Gasteiger partial charge on any atom is 0.291 e. The minimum absolute atomic E-state index is 0.00769. The normalized spacial score (nSPS) is 16.8. The zero-order valence-corrected chi connectivity index (χ0v) is 17.3. The SMILES string of the molecule is N#CC1CC(F)(F)CN1C(=O)CNC(=O)c1ccncc1NC(=O)c1cc2ccc(F)cc2o1. The highest BCUT2D eigenvalue weighted by atomic mass is 19.3. The molecule has 0 spiro atoms. The van der Waals surface area contributed by atoms with Gasteiger partial charge in [-0.05, 0) is 24.3 Å². The molecule has 0 aliphatic carbocycles. The molecule has 174 valence electrons. The molecule has 2 aromatic heterocycles. The summed E-state index contributed by atoms with van der Waals surface area (Å²) in [5.74, 6) is -6.20. The van der Waals surface area contributed by atoms with Crippen LogP contribution in [0, 0.1) is 17.1 Å². The predicted molar refractivity (Wildman–Crippen MR) is 111 cm³/mol. The van der Waals surface area contributed by atoms with Crippen molar-refractivity contribution >= 4 is 34.4 Å². The van der Waals surface area contributed by atoms with E-state index in [1.165, 1.54) is 36.7 Å². The van der Waals surface area contributed by atoms with E-state index in [1.807, 2.05) is 0 Å². The Morgan fingerprint density at radius 1 is 1.24 bits per heavy atom. The number of amides is 3. The lowest BCUT2D eigenvalue weighted by atomic mass is 10.2. The first-order valence-corrected chi connectivity index (χ1v) is 9.96. The molecule has 3 amide bonds. The number of nitrogens with zero attached hydrogens (tertiary/aromatic N) is 3. The average molecular weight is 471 g/mol. The van der Waals surface area contributed by atoms with E-state index >= 15 is 0 Å².